The third-order valence-electron chi connectivity index (χ3n) is 3.35. The Hall–Kier alpha value is -3.50. The van der Waals surface area contributed by atoms with Crippen molar-refractivity contribution in [2.45, 2.75) is 0 Å². The number of benzene rings is 2. The van der Waals surface area contributed by atoms with Gasteiger partial charge in [-0.1, -0.05) is 23.2 Å². The van der Waals surface area contributed by atoms with Gasteiger partial charge in [0.1, 0.15) is 11.5 Å². The van der Waals surface area contributed by atoms with Crippen molar-refractivity contribution in [2.24, 2.45) is 0 Å². The summed E-state index contributed by atoms with van der Waals surface area (Å²) >= 11 is 11.5. The molecule has 0 aliphatic rings. The van der Waals surface area contributed by atoms with Crippen LogP contribution in [0, 0.1) is 0 Å². The number of aromatic nitrogens is 4. The van der Waals surface area contributed by atoms with Crippen molar-refractivity contribution in [2.75, 3.05) is 23.8 Å². The second-order valence-corrected chi connectivity index (χ2v) is 6.50. The molecule has 0 bridgehead atoms. The van der Waals surface area contributed by atoms with E-state index in [4.69, 9.17) is 32.7 Å². The van der Waals surface area contributed by atoms with Crippen LogP contribution in [0.2, 0.25) is 10.0 Å². The Labute approximate surface area is 180 Å². The van der Waals surface area contributed by atoms with Crippen LogP contribution in [0.1, 0.15) is 0 Å². The molecule has 3 aromatic rings. The molecule has 12 heteroatoms. The van der Waals surface area contributed by atoms with Gasteiger partial charge in [0, 0.05) is 10.0 Å². The van der Waals surface area contributed by atoms with Gasteiger partial charge in [0.25, 0.3) is 23.7 Å². The minimum Gasteiger partial charge on any atom is -0.484 e. The fraction of sp³-hybridized carbons (Fsp3) is 0.111. The summed E-state index contributed by atoms with van der Waals surface area (Å²) in [5.74, 6) is -0.357. The number of halogens is 2. The van der Waals surface area contributed by atoms with E-state index in [1.54, 1.807) is 48.5 Å². The summed E-state index contributed by atoms with van der Waals surface area (Å²) in [7, 11) is 0. The lowest BCUT2D eigenvalue weighted by molar-refractivity contribution is -0.119. The van der Waals surface area contributed by atoms with Crippen molar-refractivity contribution in [1.29, 1.82) is 0 Å². The third-order valence-corrected chi connectivity index (χ3v) is 3.85. The lowest BCUT2D eigenvalue weighted by Gasteiger charge is -2.07. The molecule has 3 rings (SSSR count). The predicted octanol–water partition coefficient (Wildman–Crippen LogP) is 2.61. The molecule has 1 heterocycles. The number of amides is 2. The highest BCUT2D eigenvalue weighted by molar-refractivity contribution is 6.30. The maximum Gasteiger partial charge on any atom is 0.268 e. The lowest BCUT2D eigenvalue weighted by atomic mass is 10.3. The van der Waals surface area contributed by atoms with Crippen LogP contribution >= 0.6 is 23.2 Å². The molecule has 2 N–H and O–H groups in total. The first kappa shape index (κ1) is 21.2. The largest absolute Gasteiger partial charge is 0.484 e. The van der Waals surface area contributed by atoms with E-state index in [9.17, 15) is 9.59 Å². The summed E-state index contributed by atoms with van der Waals surface area (Å²) in [5, 5.41) is 20.5. The number of hydrogen-bond donors (Lipinski definition) is 2. The molecule has 0 atom stereocenters. The Morgan fingerprint density at radius 3 is 1.33 bits per heavy atom. The molecule has 0 saturated heterocycles. The van der Waals surface area contributed by atoms with Crippen LogP contribution in [0.5, 0.6) is 11.5 Å². The van der Waals surface area contributed by atoms with Crippen molar-refractivity contribution in [3.8, 4) is 11.5 Å². The molecule has 0 aliphatic carbocycles. The first-order valence-corrected chi connectivity index (χ1v) is 9.17. The summed E-state index contributed by atoms with van der Waals surface area (Å²) in [6.45, 7) is -0.545. The summed E-state index contributed by atoms with van der Waals surface area (Å²) in [6, 6.07) is 13.1. The number of anilines is 2. The Kier molecular flexibility index (Phi) is 7.30. The molecule has 10 nitrogen and oxygen atoms in total. The molecule has 30 heavy (non-hydrogen) atoms. The Balaban J connectivity index is 1.42. The molecule has 0 aliphatic heterocycles. The zero-order valence-corrected chi connectivity index (χ0v) is 16.7. The predicted molar refractivity (Wildman–Crippen MR) is 109 cm³/mol. The smallest absolute Gasteiger partial charge is 0.268 e. The quantitative estimate of drug-likeness (QED) is 0.537. The second kappa shape index (κ2) is 10.3. The van der Waals surface area contributed by atoms with E-state index in [1.165, 1.54) is 0 Å². The van der Waals surface area contributed by atoms with Crippen LogP contribution in [0.3, 0.4) is 0 Å². The van der Waals surface area contributed by atoms with Gasteiger partial charge >= 0.3 is 0 Å². The molecule has 2 amide bonds. The summed E-state index contributed by atoms with van der Waals surface area (Å²) in [6.07, 6.45) is 0. The molecule has 0 unspecified atom stereocenters. The number of nitrogens with zero attached hydrogens (tertiary/aromatic N) is 4. The molecule has 1 aromatic heterocycles. The van der Waals surface area contributed by atoms with E-state index < -0.39 is 11.8 Å². The maximum atomic E-state index is 11.9. The van der Waals surface area contributed by atoms with Crippen molar-refractivity contribution < 1.29 is 19.1 Å². The monoisotopic (exact) mass is 448 g/mol. The second-order valence-electron chi connectivity index (χ2n) is 5.63. The summed E-state index contributed by atoms with van der Waals surface area (Å²) in [5.41, 5.74) is 0. The topological polar surface area (TPSA) is 128 Å². The zero-order valence-electron chi connectivity index (χ0n) is 15.2. The van der Waals surface area contributed by atoms with E-state index in [0.717, 1.165) is 0 Å². The van der Waals surface area contributed by atoms with Crippen LogP contribution in [-0.4, -0.2) is 45.4 Å². The van der Waals surface area contributed by atoms with Gasteiger partial charge in [-0.15, -0.1) is 20.4 Å². The molecule has 0 spiro atoms. The van der Waals surface area contributed by atoms with Gasteiger partial charge in [-0.25, -0.2) is 0 Å². The third kappa shape index (κ3) is 6.83. The first-order valence-electron chi connectivity index (χ1n) is 8.42. The Bertz CT molecular complexity index is 918. The van der Waals surface area contributed by atoms with Crippen LogP contribution in [-0.2, 0) is 9.59 Å². The van der Waals surface area contributed by atoms with E-state index in [-0.39, 0.29) is 25.1 Å². The zero-order chi connectivity index (χ0) is 21.3. The molecule has 2 aromatic carbocycles. The highest BCUT2D eigenvalue weighted by atomic mass is 35.5. The van der Waals surface area contributed by atoms with Gasteiger partial charge in [-0.05, 0) is 48.5 Å². The van der Waals surface area contributed by atoms with Crippen LogP contribution in [0.15, 0.2) is 48.5 Å². The average Bonchev–Trinajstić information content (AvgIpc) is 2.74. The maximum absolute atomic E-state index is 11.9. The van der Waals surface area contributed by atoms with Gasteiger partial charge in [-0.2, -0.15) is 0 Å². The molecular weight excluding hydrogens is 435 g/mol. The number of ether oxygens (including phenoxy) is 2. The van der Waals surface area contributed by atoms with Crippen molar-refractivity contribution in [1.82, 2.24) is 20.4 Å². The van der Waals surface area contributed by atoms with Gasteiger partial charge < -0.3 is 9.47 Å². The van der Waals surface area contributed by atoms with Gasteiger partial charge in [0.15, 0.2) is 13.2 Å². The van der Waals surface area contributed by atoms with Crippen LogP contribution in [0.4, 0.5) is 11.9 Å². The summed E-state index contributed by atoms with van der Waals surface area (Å²) in [4.78, 5) is 23.7. The molecule has 0 saturated carbocycles. The highest BCUT2D eigenvalue weighted by Gasteiger charge is 2.10. The van der Waals surface area contributed by atoms with Crippen molar-refractivity contribution in [3.63, 3.8) is 0 Å². The number of rotatable bonds is 8. The average molecular weight is 449 g/mol. The normalized spacial score (nSPS) is 10.2. The Morgan fingerprint density at radius 2 is 1.00 bits per heavy atom. The number of carbonyl (C=O) groups is 2. The van der Waals surface area contributed by atoms with Gasteiger partial charge in [0.05, 0.1) is 0 Å². The number of carbonyl (C=O) groups excluding carboxylic acids is 2. The lowest BCUT2D eigenvalue weighted by Crippen LogP contribution is -2.24. The van der Waals surface area contributed by atoms with Crippen LogP contribution < -0.4 is 20.1 Å². The SMILES string of the molecule is O=C(COc1ccc(Cl)cc1)Nc1nnc(NC(=O)COc2ccc(Cl)cc2)nn1. The van der Waals surface area contributed by atoms with E-state index in [0.29, 0.717) is 21.5 Å². The molecule has 0 radical (unpaired) electrons. The number of nitrogens with one attached hydrogen (secondary N) is 2. The molecular formula is C18H14Cl2N6O4. The minimum atomic E-state index is -0.512. The van der Waals surface area contributed by atoms with E-state index in [1.807, 2.05) is 0 Å². The van der Waals surface area contributed by atoms with Gasteiger partial charge in [0.2, 0.25) is 0 Å². The summed E-state index contributed by atoms with van der Waals surface area (Å²) < 4.78 is 10.6. The molecule has 0 fully saturated rings. The standard InChI is InChI=1S/C18H14Cl2N6O4/c19-11-1-5-13(6-2-11)29-9-15(27)21-17-23-25-18(26-24-17)22-16(28)10-30-14-7-3-12(20)4-8-14/h1-8H,9-10H2,(H,21,23,24,27)(H,22,25,26,28). The highest BCUT2D eigenvalue weighted by Crippen LogP contribution is 2.16. The van der Waals surface area contributed by atoms with Crippen molar-refractivity contribution in [3.05, 3.63) is 58.6 Å². The number of hydrogen-bond acceptors (Lipinski definition) is 8. The Morgan fingerprint density at radius 1 is 0.667 bits per heavy atom. The minimum absolute atomic E-state index is 0.143. The fourth-order valence-electron chi connectivity index (χ4n) is 2.01. The van der Waals surface area contributed by atoms with E-state index in [2.05, 4.69) is 31.0 Å². The molecule has 154 valence electrons. The van der Waals surface area contributed by atoms with E-state index >= 15 is 0 Å². The van der Waals surface area contributed by atoms with Crippen LogP contribution in [0.25, 0.3) is 0 Å². The fourth-order valence-corrected chi connectivity index (χ4v) is 2.26. The van der Waals surface area contributed by atoms with Gasteiger partial charge in [-0.3, -0.25) is 20.2 Å². The first-order chi connectivity index (χ1) is 14.5. The van der Waals surface area contributed by atoms with Crippen molar-refractivity contribution >= 4 is 46.9 Å².